The lowest BCUT2D eigenvalue weighted by molar-refractivity contribution is 0.0697. The topological polar surface area (TPSA) is 36.4 Å². The van der Waals surface area contributed by atoms with Crippen LogP contribution in [0.1, 0.15) is 41.3 Å². The van der Waals surface area contributed by atoms with Crippen LogP contribution < -0.4 is 4.90 Å². The number of carbonyl (C=O) groups is 1. The zero-order valence-corrected chi connectivity index (χ0v) is 16.7. The van der Waals surface area contributed by atoms with Gasteiger partial charge in [-0.3, -0.25) is 4.79 Å². The molecule has 4 nitrogen and oxygen atoms in total. The Morgan fingerprint density at radius 1 is 1.15 bits per heavy atom. The van der Waals surface area contributed by atoms with E-state index in [2.05, 4.69) is 50.9 Å². The Bertz CT molecular complexity index is 797. The molecular formula is C21H24BrN3O. The lowest BCUT2D eigenvalue weighted by atomic mass is 9.99. The van der Waals surface area contributed by atoms with Gasteiger partial charge in [0.1, 0.15) is 5.82 Å². The molecule has 136 valence electrons. The summed E-state index contributed by atoms with van der Waals surface area (Å²) in [6, 6.07) is 10.3. The van der Waals surface area contributed by atoms with Crippen molar-refractivity contribution in [3.05, 3.63) is 57.7 Å². The first-order valence-corrected chi connectivity index (χ1v) is 10.2. The Morgan fingerprint density at radius 2 is 1.96 bits per heavy atom. The smallest absolute Gasteiger partial charge is 0.255 e. The Balaban J connectivity index is 1.47. The van der Waals surface area contributed by atoms with Crippen LogP contribution >= 0.6 is 15.9 Å². The predicted octanol–water partition coefficient (Wildman–Crippen LogP) is 4.28. The number of pyridine rings is 1. The van der Waals surface area contributed by atoms with Crippen LogP contribution in [-0.4, -0.2) is 35.4 Å². The normalized spacial score (nSPS) is 17.9. The molecule has 0 N–H and O–H groups in total. The van der Waals surface area contributed by atoms with Gasteiger partial charge in [0.15, 0.2) is 0 Å². The van der Waals surface area contributed by atoms with Gasteiger partial charge < -0.3 is 9.80 Å². The summed E-state index contributed by atoms with van der Waals surface area (Å²) in [6.45, 7) is 5.78. The van der Waals surface area contributed by atoms with Crippen molar-refractivity contribution >= 4 is 27.7 Å². The lowest BCUT2D eigenvalue weighted by Crippen LogP contribution is -2.38. The summed E-state index contributed by atoms with van der Waals surface area (Å²) in [7, 11) is 0. The van der Waals surface area contributed by atoms with Gasteiger partial charge in [-0.15, -0.1) is 0 Å². The van der Waals surface area contributed by atoms with E-state index in [9.17, 15) is 4.79 Å². The van der Waals surface area contributed by atoms with Gasteiger partial charge >= 0.3 is 0 Å². The standard InChI is InChI=1S/C21H24BrN3O/c1-15-7-10-24(11-8-15)21(26)17-5-6-20(23-13-17)25-12-9-16-3-2-4-19(22)18(16)14-25/h2-6,13,15H,7-12,14H2,1H3. The van der Waals surface area contributed by atoms with Crippen LogP contribution in [0.2, 0.25) is 0 Å². The number of fused-ring (bicyclic) bond motifs is 1. The molecule has 2 aromatic rings. The zero-order chi connectivity index (χ0) is 18.1. The molecule has 0 spiro atoms. The number of hydrogen-bond acceptors (Lipinski definition) is 3. The molecule has 1 amide bonds. The van der Waals surface area contributed by atoms with Crippen molar-refractivity contribution in [3.63, 3.8) is 0 Å². The molecule has 4 rings (SSSR count). The van der Waals surface area contributed by atoms with Crippen LogP contribution in [0, 0.1) is 5.92 Å². The highest BCUT2D eigenvalue weighted by Crippen LogP contribution is 2.29. The maximum absolute atomic E-state index is 12.7. The van der Waals surface area contributed by atoms with E-state index in [-0.39, 0.29) is 5.91 Å². The Morgan fingerprint density at radius 3 is 2.69 bits per heavy atom. The summed E-state index contributed by atoms with van der Waals surface area (Å²) in [4.78, 5) is 21.5. The minimum absolute atomic E-state index is 0.114. The quantitative estimate of drug-likeness (QED) is 0.736. The molecule has 2 aliphatic rings. The molecule has 1 fully saturated rings. The number of hydrogen-bond donors (Lipinski definition) is 0. The summed E-state index contributed by atoms with van der Waals surface area (Å²) < 4.78 is 1.16. The lowest BCUT2D eigenvalue weighted by Gasteiger charge is -2.31. The van der Waals surface area contributed by atoms with Gasteiger partial charge in [-0.1, -0.05) is 35.0 Å². The summed E-state index contributed by atoms with van der Waals surface area (Å²) in [5.41, 5.74) is 3.44. The molecule has 1 aromatic heterocycles. The minimum Gasteiger partial charge on any atom is -0.352 e. The highest BCUT2D eigenvalue weighted by Gasteiger charge is 2.23. The summed E-state index contributed by atoms with van der Waals surface area (Å²) in [5.74, 6) is 1.78. The highest BCUT2D eigenvalue weighted by molar-refractivity contribution is 9.10. The van der Waals surface area contributed by atoms with Crippen LogP contribution in [0.4, 0.5) is 5.82 Å². The molecule has 1 aromatic carbocycles. The number of anilines is 1. The Labute approximate surface area is 163 Å². The number of likely N-dealkylation sites (tertiary alicyclic amines) is 1. The van der Waals surface area contributed by atoms with Crippen molar-refractivity contribution in [2.75, 3.05) is 24.5 Å². The van der Waals surface area contributed by atoms with E-state index < -0.39 is 0 Å². The van der Waals surface area contributed by atoms with Crippen LogP contribution in [0.3, 0.4) is 0 Å². The molecule has 0 aliphatic carbocycles. The van der Waals surface area contributed by atoms with Crippen molar-refractivity contribution in [2.24, 2.45) is 5.92 Å². The van der Waals surface area contributed by atoms with E-state index in [1.165, 1.54) is 11.1 Å². The molecule has 26 heavy (non-hydrogen) atoms. The number of rotatable bonds is 2. The fourth-order valence-electron chi connectivity index (χ4n) is 3.83. The van der Waals surface area contributed by atoms with Crippen molar-refractivity contribution in [1.82, 2.24) is 9.88 Å². The molecule has 1 saturated heterocycles. The second-order valence-corrected chi connectivity index (χ2v) is 8.28. The molecule has 0 unspecified atom stereocenters. The van der Waals surface area contributed by atoms with Crippen molar-refractivity contribution in [3.8, 4) is 0 Å². The number of carbonyl (C=O) groups excluding carboxylic acids is 1. The van der Waals surface area contributed by atoms with Crippen molar-refractivity contribution < 1.29 is 4.79 Å². The minimum atomic E-state index is 0.114. The fraction of sp³-hybridized carbons (Fsp3) is 0.429. The third-order valence-electron chi connectivity index (χ3n) is 5.61. The summed E-state index contributed by atoms with van der Waals surface area (Å²) >= 11 is 3.66. The highest BCUT2D eigenvalue weighted by atomic mass is 79.9. The maximum atomic E-state index is 12.7. The van der Waals surface area contributed by atoms with E-state index in [0.717, 1.165) is 61.6 Å². The van der Waals surface area contributed by atoms with Crippen LogP contribution in [-0.2, 0) is 13.0 Å². The third kappa shape index (κ3) is 3.50. The van der Waals surface area contributed by atoms with E-state index in [1.807, 2.05) is 17.0 Å². The van der Waals surface area contributed by atoms with Crippen molar-refractivity contribution in [2.45, 2.75) is 32.7 Å². The van der Waals surface area contributed by atoms with Gasteiger partial charge in [0.05, 0.1) is 5.56 Å². The average Bonchev–Trinajstić information content (AvgIpc) is 2.68. The second-order valence-electron chi connectivity index (χ2n) is 7.43. The molecule has 5 heteroatoms. The molecule has 0 bridgehead atoms. The molecular weight excluding hydrogens is 390 g/mol. The predicted molar refractivity (Wildman–Crippen MR) is 107 cm³/mol. The average molecular weight is 414 g/mol. The van der Waals surface area contributed by atoms with Crippen LogP contribution in [0.5, 0.6) is 0 Å². The van der Waals surface area contributed by atoms with E-state index in [4.69, 9.17) is 0 Å². The molecule has 0 atom stereocenters. The van der Waals surface area contributed by atoms with E-state index in [1.54, 1.807) is 6.20 Å². The Kier molecular flexibility index (Phi) is 4.98. The van der Waals surface area contributed by atoms with Crippen molar-refractivity contribution in [1.29, 1.82) is 0 Å². The first kappa shape index (κ1) is 17.5. The number of amides is 1. The zero-order valence-electron chi connectivity index (χ0n) is 15.1. The number of halogens is 1. The SMILES string of the molecule is CC1CCN(C(=O)c2ccc(N3CCc4cccc(Br)c4C3)nc2)CC1. The Hall–Kier alpha value is -1.88. The van der Waals surface area contributed by atoms with E-state index in [0.29, 0.717) is 5.56 Å². The first-order valence-electron chi connectivity index (χ1n) is 9.38. The van der Waals surface area contributed by atoms with Gasteiger partial charge in [-0.2, -0.15) is 0 Å². The largest absolute Gasteiger partial charge is 0.352 e. The van der Waals surface area contributed by atoms with Crippen LogP contribution in [0.15, 0.2) is 41.0 Å². The summed E-state index contributed by atoms with van der Waals surface area (Å²) in [6.07, 6.45) is 4.95. The first-order chi connectivity index (χ1) is 12.6. The monoisotopic (exact) mass is 413 g/mol. The van der Waals surface area contributed by atoms with E-state index >= 15 is 0 Å². The number of benzene rings is 1. The van der Waals surface area contributed by atoms with Gasteiger partial charge in [-0.25, -0.2) is 4.98 Å². The second kappa shape index (κ2) is 7.39. The molecule has 3 heterocycles. The third-order valence-corrected chi connectivity index (χ3v) is 6.35. The summed E-state index contributed by atoms with van der Waals surface area (Å²) in [5, 5.41) is 0. The van der Waals surface area contributed by atoms with Gasteiger partial charge in [0.2, 0.25) is 0 Å². The molecule has 0 saturated carbocycles. The van der Waals surface area contributed by atoms with Crippen LogP contribution in [0.25, 0.3) is 0 Å². The van der Waals surface area contributed by atoms with Gasteiger partial charge in [-0.05, 0) is 54.5 Å². The van der Waals surface area contributed by atoms with Gasteiger partial charge in [0, 0.05) is 36.8 Å². The molecule has 2 aliphatic heterocycles. The number of aromatic nitrogens is 1. The number of piperidine rings is 1. The maximum Gasteiger partial charge on any atom is 0.255 e. The fourth-order valence-corrected chi connectivity index (χ4v) is 4.36. The number of nitrogens with zero attached hydrogens (tertiary/aromatic N) is 3. The molecule has 0 radical (unpaired) electrons. The van der Waals surface area contributed by atoms with Gasteiger partial charge in [0.25, 0.3) is 5.91 Å².